The lowest BCUT2D eigenvalue weighted by molar-refractivity contribution is -0.165. The number of rotatable bonds is 11. The molecule has 190 valence electrons. The lowest BCUT2D eigenvalue weighted by Gasteiger charge is -2.25. The molecule has 1 aliphatic rings. The van der Waals surface area contributed by atoms with E-state index in [4.69, 9.17) is 14.2 Å². The number of anilines is 1. The smallest absolute Gasteiger partial charge is 0.224 e. The normalized spacial score (nSPS) is 15.4. The number of amides is 1. The van der Waals surface area contributed by atoms with Crippen LogP contribution in [0.5, 0.6) is 5.75 Å². The molecule has 0 aliphatic carbocycles. The second kappa shape index (κ2) is 13.2. The van der Waals surface area contributed by atoms with Crippen LogP contribution in [-0.4, -0.2) is 37.0 Å². The van der Waals surface area contributed by atoms with E-state index in [0.29, 0.717) is 26.2 Å². The van der Waals surface area contributed by atoms with Crippen molar-refractivity contribution in [1.29, 1.82) is 0 Å². The van der Waals surface area contributed by atoms with Gasteiger partial charge in [0.1, 0.15) is 12.4 Å². The minimum Gasteiger partial charge on any atom is -0.491 e. The number of nitrogens with zero attached hydrogens (tertiary/aromatic N) is 2. The molecule has 6 heteroatoms. The molecule has 1 atom stereocenters. The zero-order valence-corrected chi connectivity index (χ0v) is 21.3. The molecule has 1 amide bonds. The van der Waals surface area contributed by atoms with Gasteiger partial charge in [-0.3, -0.25) is 9.78 Å². The van der Waals surface area contributed by atoms with Gasteiger partial charge in [0.15, 0.2) is 6.29 Å². The summed E-state index contributed by atoms with van der Waals surface area (Å²) in [5, 5.41) is 0. The number of hydrogen-bond donors (Lipinski definition) is 0. The second-order valence-electron chi connectivity index (χ2n) is 9.05. The van der Waals surface area contributed by atoms with Gasteiger partial charge in [-0.1, -0.05) is 49.4 Å². The van der Waals surface area contributed by atoms with Gasteiger partial charge in [-0.15, -0.1) is 0 Å². The Labute approximate surface area is 214 Å². The van der Waals surface area contributed by atoms with Gasteiger partial charge < -0.3 is 19.1 Å². The number of aryl methyl sites for hydroxylation is 1. The molecule has 2 heterocycles. The number of pyridine rings is 1. The highest BCUT2D eigenvalue weighted by Crippen LogP contribution is 2.28. The molecule has 1 saturated heterocycles. The highest BCUT2D eigenvalue weighted by molar-refractivity contribution is 5.92. The van der Waals surface area contributed by atoms with E-state index in [0.717, 1.165) is 60.5 Å². The van der Waals surface area contributed by atoms with Crippen LogP contribution in [0, 0.1) is 0 Å². The Hall–Kier alpha value is -3.22. The van der Waals surface area contributed by atoms with E-state index in [2.05, 4.69) is 36.2 Å². The maximum atomic E-state index is 12.9. The molecule has 0 N–H and O–H groups in total. The van der Waals surface area contributed by atoms with Crippen LogP contribution in [0.3, 0.4) is 0 Å². The Morgan fingerprint density at radius 1 is 1.06 bits per heavy atom. The van der Waals surface area contributed by atoms with E-state index >= 15 is 0 Å². The summed E-state index contributed by atoms with van der Waals surface area (Å²) in [6.07, 6.45) is 6.37. The highest BCUT2D eigenvalue weighted by Gasteiger charge is 2.20. The fraction of sp³-hybridized carbons (Fsp3) is 0.400. The third kappa shape index (κ3) is 7.15. The third-order valence-corrected chi connectivity index (χ3v) is 6.40. The van der Waals surface area contributed by atoms with E-state index in [1.54, 1.807) is 18.0 Å². The lowest BCUT2D eigenvalue weighted by atomic mass is 10.0. The minimum atomic E-state index is -0.133. The van der Waals surface area contributed by atoms with Crippen LogP contribution in [0.15, 0.2) is 66.9 Å². The molecule has 0 radical (unpaired) electrons. The summed E-state index contributed by atoms with van der Waals surface area (Å²) in [5.74, 6) is 0.725. The lowest BCUT2D eigenvalue weighted by Crippen LogP contribution is -2.29. The van der Waals surface area contributed by atoms with Gasteiger partial charge in [-0.2, -0.15) is 0 Å². The number of ether oxygens (including phenoxy) is 3. The fourth-order valence-electron chi connectivity index (χ4n) is 4.43. The number of hydrogen-bond acceptors (Lipinski definition) is 5. The van der Waals surface area contributed by atoms with Gasteiger partial charge in [-0.05, 0) is 55.0 Å². The summed E-state index contributed by atoms with van der Waals surface area (Å²) < 4.78 is 17.6. The molecule has 0 saturated carbocycles. The van der Waals surface area contributed by atoms with Crippen molar-refractivity contribution in [3.63, 3.8) is 0 Å². The Bertz CT molecular complexity index is 1110. The maximum absolute atomic E-state index is 12.9. The summed E-state index contributed by atoms with van der Waals surface area (Å²) in [4.78, 5) is 19.3. The third-order valence-electron chi connectivity index (χ3n) is 6.40. The Morgan fingerprint density at radius 2 is 1.92 bits per heavy atom. The highest BCUT2D eigenvalue weighted by atomic mass is 16.7. The van der Waals surface area contributed by atoms with Crippen LogP contribution in [-0.2, 0) is 33.7 Å². The zero-order valence-electron chi connectivity index (χ0n) is 21.3. The van der Waals surface area contributed by atoms with Crippen LogP contribution < -0.4 is 9.64 Å². The predicted octanol–water partition coefficient (Wildman–Crippen LogP) is 5.71. The van der Waals surface area contributed by atoms with Gasteiger partial charge in [-0.25, -0.2) is 0 Å². The second-order valence-corrected chi connectivity index (χ2v) is 9.05. The van der Waals surface area contributed by atoms with Crippen LogP contribution in [0.2, 0.25) is 0 Å². The molecule has 36 heavy (non-hydrogen) atoms. The van der Waals surface area contributed by atoms with Gasteiger partial charge >= 0.3 is 0 Å². The number of benzene rings is 2. The standard InChI is InChI=1S/C30H36N2O4/c1-3-24-14-15-29(34-18-19-36-30-13-7-8-17-35-30)26(20-24)22-32(23(2)33)28-12-9-16-31-27(28)21-25-10-5-4-6-11-25/h4-6,9-12,14-16,20,30H,3,7-8,13,17-19,21-22H2,1-2H3. The molecule has 6 nitrogen and oxygen atoms in total. The van der Waals surface area contributed by atoms with E-state index in [9.17, 15) is 4.79 Å². The molecule has 1 aliphatic heterocycles. The summed E-state index contributed by atoms with van der Waals surface area (Å²) in [5.41, 5.74) is 5.00. The fourth-order valence-corrected chi connectivity index (χ4v) is 4.43. The van der Waals surface area contributed by atoms with Gasteiger partial charge in [0.2, 0.25) is 5.91 Å². The minimum absolute atomic E-state index is 0.0389. The first-order chi connectivity index (χ1) is 17.6. The van der Waals surface area contributed by atoms with E-state index < -0.39 is 0 Å². The summed E-state index contributed by atoms with van der Waals surface area (Å²) >= 11 is 0. The van der Waals surface area contributed by atoms with Crippen molar-refractivity contribution >= 4 is 11.6 Å². The first-order valence-electron chi connectivity index (χ1n) is 12.9. The number of carbonyl (C=O) groups is 1. The van der Waals surface area contributed by atoms with Crippen molar-refractivity contribution in [2.45, 2.75) is 58.8 Å². The van der Waals surface area contributed by atoms with Crippen molar-refractivity contribution in [1.82, 2.24) is 4.98 Å². The van der Waals surface area contributed by atoms with E-state index in [-0.39, 0.29) is 12.2 Å². The molecule has 2 aromatic carbocycles. The molecule has 0 bridgehead atoms. The summed E-state index contributed by atoms with van der Waals surface area (Å²) in [6, 6.07) is 20.2. The molecule has 1 unspecified atom stereocenters. The van der Waals surface area contributed by atoms with Crippen LogP contribution in [0.1, 0.15) is 55.5 Å². The number of aromatic nitrogens is 1. The van der Waals surface area contributed by atoms with Gasteiger partial charge in [0.05, 0.1) is 24.5 Å². The Kier molecular flexibility index (Phi) is 9.47. The van der Waals surface area contributed by atoms with Crippen molar-refractivity contribution < 1.29 is 19.0 Å². The predicted molar refractivity (Wildman–Crippen MR) is 141 cm³/mol. The van der Waals surface area contributed by atoms with Crippen LogP contribution >= 0.6 is 0 Å². The maximum Gasteiger partial charge on any atom is 0.224 e. The summed E-state index contributed by atoms with van der Waals surface area (Å²) in [7, 11) is 0. The first-order valence-corrected chi connectivity index (χ1v) is 12.9. The Balaban J connectivity index is 1.51. The molecule has 1 aromatic heterocycles. The molecule has 0 spiro atoms. The topological polar surface area (TPSA) is 60.9 Å². The van der Waals surface area contributed by atoms with Crippen molar-refractivity contribution in [3.8, 4) is 5.75 Å². The Morgan fingerprint density at radius 3 is 2.67 bits per heavy atom. The van der Waals surface area contributed by atoms with E-state index in [1.165, 1.54) is 5.56 Å². The van der Waals surface area contributed by atoms with E-state index in [1.807, 2.05) is 36.4 Å². The summed E-state index contributed by atoms with van der Waals surface area (Å²) in [6.45, 7) is 5.76. The largest absolute Gasteiger partial charge is 0.491 e. The molecular weight excluding hydrogens is 452 g/mol. The SMILES string of the molecule is CCc1ccc(OCCOC2CCCCO2)c(CN(C(C)=O)c2cccnc2Cc2ccccc2)c1. The molecular formula is C30H36N2O4. The monoisotopic (exact) mass is 488 g/mol. The molecule has 1 fully saturated rings. The van der Waals surface area contributed by atoms with Gasteiger partial charge in [0, 0.05) is 31.7 Å². The van der Waals surface area contributed by atoms with Crippen molar-refractivity contribution in [3.05, 3.63) is 89.2 Å². The average molecular weight is 489 g/mol. The van der Waals surface area contributed by atoms with Crippen molar-refractivity contribution in [2.24, 2.45) is 0 Å². The van der Waals surface area contributed by atoms with Crippen molar-refractivity contribution in [2.75, 3.05) is 24.7 Å². The molecule has 3 aromatic rings. The van der Waals surface area contributed by atoms with Crippen LogP contribution in [0.4, 0.5) is 5.69 Å². The van der Waals surface area contributed by atoms with Gasteiger partial charge in [0.25, 0.3) is 0 Å². The zero-order chi connectivity index (χ0) is 25.2. The quantitative estimate of drug-likeness (QED) is 0.324. The average Bonchev–Trinajstić information content (AvgIpc) is 2.91. The number of carbonyl (C=O) groups excluding carboxylic acids is 1. The molecule has 4 rings (SSSR count). The van der Waals surface area contributed by atoms with Crippen LogP contribution in [0.25, 0.3) is 0 Å². The first kappa shape index (κ1) is 25.9.